The van der Waals surface area contributed by atoms with Gasteiger partial charge in [0.05, 0.1) is 16.6 Å². The number of fused-ring (bicyclic) bond motifs is 1. The van der Waals surface area contributed by atoms with Crippen molar-refractivity contribution >= 4 is 34.0 Å². The molecule has 0 saturated carbocycles. The van der Waals surface area contributed by atoms with Crippen molar-refractivity contribution in [3.63, 3.8) is 0 Å². The number of thiophene rings is 1. The number of rotatable bonds is 3. The zero-order valence-electron chi connectivity index (χ0n) is 10.7. The highest BCUT2D eigenvalue weighted by molar-refractivity contribution is 7.10. The van der Waals surface area contributed by atoms with Crippen LogP contribution in [0.3, 0.4) is 0 Å². The lowest BCUT2D eigenvalue weighted by atomic mass is 10.2. The summed E-state index contributed by atoms with van der Waals surface area (Å²) in [4.78, 5) is 5.00. The third-order valence-corrected chi connectivity index (χ3v) is 3.80. The van der Waals surface area contributed by atoms with Crippen LogP contribution in [-0.4, -0.2) is 9.55 Å². The number of allylic oxidation sites excluding steroid dienone is 1. The molecule has 3 aromatic rings. The summed E-state index contributed by atoms with van der Waals surface area (Å²) < 4.78 is 27.5. The molecule has 0 atom stereocenters. The second-order valence-electron chi connectivity index (χ2n) is 4.26. The van der Waals surface area contributed by atoms with Crippen LogP contribution in [0.25, 0.3) is 22.7 Å². The molecule has 0 aliphatic rings. The quantitative estimate of drug-likeness (QED) is 0.666. The summed E-state index contributed by atoms with van der Waals surface area (Å²) >= 11 is 1.43. The van der Waals surface area contributed by atoms with Gasteiger partial charge in [0, 0.05) is 4.88 Å². The van der Waals surface area contributed by atoms with Gasteiger partial charge in [-0.15, -0.1) is 11.3 Å². The number of halogens is 2. The molecule has 0 spiro atoms. The van der Waals surface area contributed by atoms with Crippen LogP contribution in [0.15, 0.2) is 41.8 Å². The van der Waals surface area contributed by atoms with Crippen LogP contribution in [-0.2, 0) is 0 Å². The number of benzene rings is 1. The van der Waals surface area contributed by atoms with Crippen molar-refractivity contribution in [3.8, 4) is 6.07 Å². The first-order chi connectivity index (χ1) is 10.2. The Bertz CT molecular complexity index is 842. The summed E-state index contributed by atoms with van der Waals surface area (Å²) in [5, 5.41) is 11.2. The van der Waals surface area contributed by atoms with Crippen LogP contribution >= 0.6 is 11.3 Å². The molecule has 2 aromatic heterocycles. The van der Waals surface area contributed by atoms with Gasteiger partial charge < -0.3 is 0 Å². The molecule has 0 N–H and O–H groups in total. The maximum absolute atomic E-state index is 13.4. The molecule has 3 nitrogen and oxygen atoms in total. The fourth-order valence-corrected chi connectivity index (χ4v) is 2.75. The Morgan fingerprint density at radius 3 is 2.76 bits per heavy atom. The van der Waals surface area contributed by atoms with Crippen molar-refractivity contribution in [2.75, 3.05) is 0 Å². The molecule has 0 fully saturated rings. The molecule has 0 bridgehead atoms. The zero-order chi connectivity index (χ0) is 14.8. The molecule has 104 valence electrons. The molecule has 0 unspecified atom stereocenters. The second-order valence-corrected chi connectivity index (χ2v) is 5.24. The lowest BCUT2D eigenvalue weighted by molar-refractivity contribution is 0.0738. The van der Waals surface area contributed by atoms with Gasteiger partial charge in [0.25, 0.3) is 0 Å². The van der Waals surface area contributed by atoms with Crippen molar-refractivity contribution in [1.82, 2.24) is 9.55 Å². The minimum atomic E-state index is -2.76. The molecule has 2 heterocycles. The van der Waals surface area contributed by atoms with Gasteiger partial charge in [-0.2, -0.15) is 14.0 Å². The number of hydrogen-bond donors (Lipinski definition) is 0. The van der Waals surface area contributed by atoms with E-state index in [-0.39, 0.29) is 11.4 Å². The Balaban J connectivity index is 2.24. The van der Waals surface area contributed by atoms with Gasteiger partial charge >= 0.3 is 6.55 Å². The SMILES string of the molecule is N#C/C(=C/c1cccs1)c1nc2ccccc2n1C(F)F. The Morgan fingerprint density at radius 1 is 1.29 bits per heavy atom. The third kappa shape index (κ3) is 2.43. The summed E-state index contributed by atoms with van der Waals surface area (Å²) in [6, 6.07) is 12.2. The van der Waals surface area contributed by atoms with Crippen LogP contribution in [0.1, 0.15) is 17.3 Å². The Morgan fingerprint density at radius 2 is 2.10 bits per heavy atom. The largest absolute Gasteiger partial charge is 0.320 e. The number of hydrogen-bond acceptors (Lipinski definition) is 3. The van der Waals surface area contributed by atoms with Gasteiger partial charge in [-0.25, -0.2) is 4.98 Å². The summed E-state index contributed by atoms with van der Waals surface area (Å²) in [5.41, 5.74) is 0.879. The van der Waals surface area contributed by atoms with Crippen molar-refractivity contribution in [2.24, 2.45) is 0 Å². The van der Waals surface area contributed by atoms with E-state index in [4.69, 9.17) is 0 Å². The number of alkyl halides is 2. The van der Waals surface area contributed by atoms with Gasteiger partial charge in [-0.1, -0.05) is 18.2 Å². The molecular formula is C15H9F2N3S. The average molecular weight is 301 g/mol. The molecule has 0 aliphatic heterocycles. The smallest absolute Gasteiger partial charge is 0.266 e. The average Bonchev–Trinajstić information content (AvgIpc) is 3.11. The van der Waals surface area contributed by atoms with E-state index in [0.717, 1.165) is 9.44 Å². The number of aromatic nitrogens is 2. The van der Waals surface area contributed by atoms with Crippen molar-refractivity contribution in [1.29, 1.82) is 5.26 Å². The maximum atomic E-state index is 13.4. The van der Waals surface area contributed by atoms with E-state index < -0.39 is 6.55 Å². The van der Waals surface area contributed by atoms with Gasteiger partial charge in [0.1, 0.15) is 6.07 Å². The Kier molecular flexibility index (Phi) is 3.50. The van der Waals surface area contributed by atoms with Gasteiger partial charge in [-0.05, 0) is 29.7 Å². The summed E-state index contributed by atoms with van der Waals surface area (Å²) in [6.07, 6.45) is 1.57. The highest BCUT2D eigenvalue weighted by Gasteiger charge is 2.20. The molecule has 21 heavy (non-hydrogen) atoms. The topological polar surface area (TPSA) is 41.6 Å². The molecule has 0 amide bonds. The van der Waals surface area contributed by atoms with E-state index in [9.17, 15) is 14.0 Å². The van der Waals surface area contributed by atoms with Gasteiger partial charge in [0.15, 0.2) is 5.82 Å². The minimum absolute atomic E-state index is 0.0119. The normalized spacial score (nSPS) is 12.0. The van der Waals surface area contributed by atoms with Crippen LogP contribution < -0.4 is 0 Å². The second kappa shape index (κ2) is 5.46. The van der Waals surface area contributed by atoms with Crippen molar-refractivity contribution in [3.05, 3.63) is 52.5 Å². The van der Waals surface area contributed by atoms with E-state index in [1.165, 1.54) is 11.3 Å². The fraction of sp³-hybridized carbons (Fsp3) is 0.0667. The molecule has 3 rings (SSSR count). The number of nitriles is 1. The van der Waals surface area contributed by atoms with Gasteiger partial charge in [-0.3, -0.25) is 4.57 Å². The third-order valence-electron chi connectivity index (χ3n) is 2.98. The van der Waals surface area contributed by atoms with Crippen molar-refractivity contribution in [2.45, 2.75) is 6.55 Å². The Labute approximate surface area is 123 Å². The first-order valence-corrected chi connectivity index (χ1v) is 6.99. The minimum Gasteiger partial charge on any atom is -0.266 e. The molecule has 1 aromatic carbocycles. The van der Waals surface area contributed by atoms with E-state index >= 15 is 0 Å². The van der Waals surface area contributed by atoms with Crippen molar-refractivity contribution < 1.29 is 8.78 Å². The first-order valence-electron chi connectivity index (χ1n) is 6.11. The monoisotopic (exact) mass is 301 g/mol. The molecular weight excluding hydrogens is 292 g/mol. The maximum Gasteiger partial charge on any atom is 0.320 e. The zero-order valence-corrected chi connectivity index (χ0v) is 11.5. The molecule has 0 aliphatic carbocycles. The van der Waals surface area contributed by atoms with Crippen LogP contribution in [0, 0.1) is 11.3 Å². The van der Waals surface area contributed by atoms with E-state index in [1.54, 1.807) is 30.3 Å². The fourth-order valence-electron chi connectivity index (χ4n) is 2.09. The predicted octanol–water partition coefficient (Wildman–Crippen LogP) is 4.56. The summed E-state index contributed by atoms with van der Waals surface area (Å²) in [7, 11) is 0. The molecule has 6 heteroatoms. The van der Waals surface area contributed by atoms with Crippen LogP contribution in [0.5, 0.6) is 0 Å². The van der Waals surface area contributed by atoms with E-state index in [0.29, 0.717) is 11.0 Å². The molecule has 0 saturated heterocycles. The standard InChI is InChI=1S/C15H9F2N3S/c16-15(17)20-13-6-2-1-5-12(13)19-14(20)10(9-18)8-11-4-3-7-21-11/h1-8,15H/b10-8-. The number of para-hydroxylation sites is 2. The van der Waals surface area contributed by atoms with Gasteiger partial charge in [0.2, 0.25) is 0 Å². The summed E-state index contributed by atoms with van der Waals surface area (Å²) in [5.74, 6) is -0.0119. The van der Waals surface area contributed by atoms with E-state index in [2.05, 4.69) is 4.98 Å². The highest BCUT2D eigenvalue weighted by Crippen LogP contribution is 2.28. The molecule has 0 radical (unpaired) electrons. The predicted molar refractivity (Wildman–Crippen MR) is 78.8 cm³/mol. The lowest BCUT2D eigenvalue weighted by Gasteiger charge is -2.06. The summed E-state index contributed by atoms with van der Waals surface area (Å²) in [6.45, 7) is -2.76. The lowest BCUT2D eigenvalue weighted by Crippen LogP contribution is -2.03. The van der Waals surface area contributed by atoms with E-state index in [1.807, 2.05) is 23.6 Å². The van der Waals surface area contributed by atoms with Crippen LogP contribution in [0.4, 0.5) is 8.78 Å². The number of nitrogens with zero attached hydrogens (tertiary/aromatic N) is 3. The Hall–Kier alpha value is -2.52. The number of imidazole rings is 1. The first kappa shape index (κ1) is 13.5. The van der Waals surface area contributed by atoms with Crippen LogP contribution in [0.2, 0.25) is 0 Å². The highest BCUT2D eigenvalue weighted by atomic mass is 32.1.